The lowest BCUT2D eigenvalue weighted by Gasteiger charge is -2.34. The molecule has 0 atom stereocenters. The van der Waals surface area contributed by atoms with E-state index in [-0.39, 0.29) is 0 Å². The first-order valence-corrected chi connectivity index (χ1v) is 8.28. The zero-order chi connectivity index (χ0) is 15.1. The van der Waals surface area contributed by atoms with Gasteiger partial charge in [0.05, 0.1) is 0 Å². The van der Waals surface area contributed by atoms with Gasteiger partial charge < -0.3 is 15.0 Å². The Morgan fingerprint density at radius 3 is 2.67 bits per heavy atom. The van der Waals surface area contributed by atoms with Gasteiger partial charge >= 0.3 is 0 Å². The normalized spacial score (nSPS) is 16.4. The molecule has 21 heavy (non-hydrogen) atoms. The van der Waals surface area contributed by atoms with E-state index < -0.39 is 0 Å². The monoisotopic (exact) mass is 290 g/mol. The lowest BCUT2D eigenvalue weighted by molar-refractivity contribution is 0.139. The summed E-state index contributed by atoms with van der Waals surface area (Å²) < 4.78 is 5.28. The average molecular weight is 290 g/mol. The van der Waals surface area contributed by atoms with Gasteiger partial charge in [-0.1, -0.05) is 19.1 Å². The molecule has 0 unspecified atom stereocenters. The Morgan fingerprint density at radius 2 is 2.05 bits per heavy atom. The van der Waals surface area contributed by atoms with Crippen molar-refractivity contribution in [3.05, 3.63) is 29.3 Å². The van der Waals surface area contributed by atoms with Crippen LogP contribution in [0.4, 0.5) is 5.69 Å². The smallest absolute Gasteiger partial charge is 0.0491 e. The summed E-state index contributed by atoms with van der Waals surface area (Å²) in [6.45, 7) is 9.73. The molecule has 1 N–H and O–H groups in total. The van der Waals surface area contributed by atoms with Crippen LogP contribution in [0.1, 0.15) is 37.3 Å². The predicted octanol–water partition coefficient (Wildman–Crippen LogP) is 3.36. The van der Waals surface area contributed by atoms with Gasteiger partial charge in [0.25, 0.3) is 0 Å². The number of anilines is 1. The maximum absolute atomic E-state index is 5.28. The first-order valence-electron chi connectivity index (χ1n) is 8.28. The summed E-state index contributed by atoms with van der Waals surface area (Å²) in [5, 5.41) is 3.47. The summed E-state index contributed by atoms with van der Waals surface area (Å²) in [6.07, 6.45) is 3.67. The van der Waals surface area contributed by atoms with Gasteiger partial charge in [0.2, 0.25) is 0 Å². The Bertz CT molecular complexity index is 425. The maximum Gasteiger partial charge on any atom is 0.0491 e. The first kappa shape index (κ1) is 16.3. The minimum absolute atomic E-state index is 0.740. The van der Waals surface area contributed by atoms with Crippen molar-refractivity contribution in [1.82, 2.24) is 5.32 Å². The molecular formula is C18H30N2O. The minimum Gasteiger partial charge on any atom is -0.384 e. The fourth-order valence-corrected chi connectivity index (χ4v) is 3.17. The van der Waals surface area contributed by atoms with E-state index >= 15 is 0 Å². The van der Waals surface area contributed by atoms with Gasteiger partial charge in [-0.05, 0) is 55.8 Å². The highest BCUT2D eigenvalue weighted by molar-refractivity contribution is 5.54. The Balaban J connectivity index is 1.92. The van der Waals surface area contributed by atoms with Crippen LogP contribution in [0, 0.1) is 12.8 Å². The second-order valence-electron chi connectivity index (χ2n) is 6.18. The number of aryl methyl sites for hydroxylation is 1. The van der Waals surface area contributed by atoms with Crippen LogP contribution < -0.4 is 10.2 Å². The van der Waals surface area contributed by atoms with Crippen LogP contribution >= 0.6 is 0 Å². The lowest BCUT2D eigenvalue weighted by Crippen LogP contribution is -2.35. The summed E-state index contributed by atoms with van der Waals surface area (Å²) in [6, 6.07) is 6.90. The van der Waals surface area contributed by atoms with Crippen LogP contribution in [0.5, 0.6) is 0 Å². The number of benzene rings is 1. The number of nitrogens with zero attached hydrogens (tertiary/aromatic N) is 1. The fourth-order valence-electron chi connectivity index (χ4n) is 3.17. The van der Waals surface area contributed by atoms with E-state index in [1.165, 1.54) is 36.1 Å². The lowest BCUT2D eigenvalue weighted by atomic mass is 9.96. The quantitative estimate of drug-likeness (QED) is 0.779. The highest BCUT2D eigenvalue weighted by Crippen LogP contribution is 2.27. The van der Waals surface area contributed by atoms with Crippen molar-refractivity contribution in [2.45, 2.75) is 39.7 Å². The standard InChI is InChI=1S/C18H30N2O/c1-4-9-19-13-17-5-6-18(15(2)12-17)20-10-7-16(8-11-20)14-21-3/h5-6,12,16,19H,4,7-11,13-14H2,1-3H3. The molecule has 0 amide bonds. The van der Waals surface area contributed by atoms with E-state index in [2.05, 4.69) is 42.3 Å². The van der Waals surface area contributed by atoms with Crippen molar-refractivity contribution >= 4 is 5.69 Å². The third-order valence-corrected chi connectivity index (χ3v) is 4.37. The van der Waals surface area contributed by atoms with Crippen molar-refractivity contribution in [2.75, 3.05) is 38.3 Å². The van der Waals surface area contributed by atoms with Gasteiger partial charge in [-0.25, -0.2) is 0 Å². The number of rotatable bonds is 7. The van der Waals surface area contributed by atoms with Gasteiger partial charge in [0.1, 0.15) is 0 Å². The SMILES string of the molecule is CCCNCc1ccc(N2CCC(COC)CC2)c(C)c1. The third kappa shape index (κ3) is 4.72. The summed E-state index contributed by atoms with van der Waals surface area (Å²) >= 11 is 0. The Kier molecular flexibility index (Phi) is 6.52. The van der Waals surface area contributed by atoms with Crippen LogP contribution in [-0.2, 0) is 11.3 Å². The average Bonchev–Trinajstić information content (AvgIpc) is 2.49. The summed E-state index contributed by atoms with van der Waals surface area (Å²) in [5.41, 5.74) is 4.19. The van der Waals surface area contributed by atoms with E-state index in [1.54, 1.807) is 0 Å². The Morgan fingerprint density at radius 1 is 1.29 bits per heavy atom. The predicted molar refractivity (Wildman–Crippen MR) is 90.0 cm³/mol. The Labute approximate surface area is 129 Å². The molecule has 0 radical (unpaired) electrons. The third-order valence-electron chi connectivity index (χ3n) is 4.37. The fraction of sp³-hybridized carbons (Fsp3) is 0.667. The van der Waals surface area contributed by atoms with Gasteiger partial charge in [0.15, 0.2) is 0 Å². The van der Waals surface area contributed by atoms with Crippen LogP contribution in [0.3, 0.4) is 0 Å². The molecule has 118 valence electrons. The number of nitrogens with one attached hydrogen (secondary N) is 1. The molecule has 1 aromatic rings. The summed E-state index contributed by atoms with van der Waals surface area (Å²) in [7, 11) is 1.81. The van der Waals surface area contributed by atoms with Crippen molar-refractivity contribution in [2.24, 2.45) is 5.92 Å². The van der Waals surface area contributed by atoms with Crippen LogP contribution in [0.25, 0.3) is 0 Å². The van der Waals surface area contributed by atoms with Crippen LogP contribution in [-0.4, -0.2) is 33.4 Å². The molecule has 0 aromatic heterocycles. The molecular weight excluding hydrogens is 260 g/mol. The molecule has 1 aliphatic rings. The molecule has 0 saturated carbocycles. The van der Waals surface area contributed by atoms with Crippen molar-refractivity contribution < 1.29 is 4.74 Å². The second kappa shape index (κ2) is 8.40. The topological polar surface area (TPSA) is 24.5 Å². The number of piperidine rings is 1. The maximum atomic E-state index is 5.28. The van der Waals surface area contributed by atoms with E-state index in [1.807, 2.05) is 7.11 Å². The summed E-state index contributed by atoms with van der Waals surface area (Å²) in [5.74, 6) is 0.740. The highest BCUT2D eigenvalue weighted by atomic mass is 16.5. The molecule has 1 aliphatic heterocycles. The minimum atomic E-state index is 0.740. The first-order chi connectivity index (χ1) is 10.2. The van der Waals surface area contributed by atoms with Crippen molar-refractivity contribution in [3.8, 4) is 0 Å². The molecule has 2 rings (SSSR count). The van der Waals surface area contributed by atoms with E-state index in [0.29, 0.717) is 0 Å². The van der Waals surface area contributed by atoms with E-state index in [4.69, 9.17) is 4.74 Å². The molecule has 1 fully saturated rings. The van der Waals surface area contributed by atoms with Gasteiger partial charge in [-0.15, -0.1) is 0 Å². The van der Waals surface area contributed by atoms with Gasteiger partial charge in [-0.3, -0.25) is 0 Å². The summed E-state index contributed by atoms with van der Waals surface area (Å²) in [4.78, 5) is 2.53. The van der Waals surface area contributed by atoms with E-state index in [0.717, 1.165) is 38.7 Å². The van der Waals surface area contributed by atoms with Gasteiger partial charge in [-0.2, -0.15) is 0 Å². The molecule has 1 saturated heterocycles. The molecule has 1 aromatic carbocycles. The number of hydrogen-bond acceptors (Lipinski definition) is 3. The molecule has 0 bridgehead atoms. The molecule has 0 spiro atoms. The highest BCUT2D eigenvalue weighted by Gasteiger charge is 2.20. The zero-order valence-corrected chi connectivity index (χ0v) is 13.8. The molecule has 1 heterocycles. The molecule has 0 aliphatic carbocycles. The van der Waals surface area contributed by atoms with Crippen molar-refractivity contribution in [3.63, 3.8) is 0 Å². The van der Waals surface area contributed by atoms with Crippen LogP contribution in [0.15, 0.2) is 18.2 Å². The number of ether oxygens (including phenoxy) is 1. The largest absolute Gasteiger partial charge is 0.384 e. The number of hydrogen-bond donors (Lipinski definition) is 1. The molecule has 3 nitrogen and oxygen atoms in total. The van der Waals surface area contributed by atoms with Crippen molar-refractivity contribution in [1.29, 1.82) is 0 Å². The van der Waals surface area contributed by atoms with Gasteiger partial charge in [0, 0.05) is 39.0 Å². The van der Waals surface area contributed by atoms with Crippen LogP contribution in [0.2, 0.25) is 0 Å². The van der Waals surface area contributed by atoms with E-state index in [9.17, 15) is 0 Å². The Hall–Kier alpha value is -1.06. The zero-order valence-electron chi connectivity index (χ0n) is 13.8. The molecule has 3 heteroatoms. The number of methoxy groups -OCH3 is 1. The second-order valence-corrected chi connectivity index (χ2v) is 6.18.